The molecule has 2 amide bonds. The number of thiol groups is 1. The van der Waals surface area contributed by atoms with Gasteiger partial charge in [-0.1, -0.05) is 17.7 Å². The van der Waals surface area contributed by atoms with Gasteiger partial charge in [-0.25, -0.2) is 14.4 Å². The van der Waals surface area contributed by atoms with Crippen LogP contribution in [0.25, 0.3) is 0 Å². The van der Waals surface area contributed by atoms with Gasteiger partial charge in [-0.15, -0.1) is 24.8 Å². The molecule has 0 aromatic heterocycles. The first-order chi connectivity index (χ1) is 27.8. The van der Waals surface area contributed by atoms with Gasteiger partial charge in [-0.2, -0.15) is 0 Å². The molecule has 8 atom stereocenters. The minimum absolute atomic E-state index is 0. The minimum Gasteiger partial charge on any atom is -0.481 e. The summed E-state index contributed by atoms with van der Waals surface area (Å²) in [6, 6.07) is -1.92. The van der Waals surface area contributed by atoms with Gasteiger partial charge < -0.3 is 64.5 Å². The quantitative estimate of drug-likeness (QED) is 0.0719. The Morgan fingerprint density at radius 2 is 1.29 bits per heavy atom. The summed E-state index contributed by atoms with van der Waals surface area (Å²) in [5.74, 6) is -3.83. The topological polar surface area (TPSA) is 332 Å². The van der Waals surface area contributed by atoms with Gasteiger partial charge in [0.2, 0.25) is 5.91 Å². The summed E-state index contributed by atoms with van der Waals surface area (Å²) in [4.78, 5) is 104. The van der Waals surface area contributed by atoms with Crippen molar-refractivity contribution in [1.82, 2.24) is 25.3 Å². The van der Waals surface area contributed by atoms with Crippen LogP contribution in [0.4, 0.5) is 4.79 Å². The summed E-state index contributed by atoms with van der Waals surface area (Å²) in [5.41, 5.74) is -0.634. The zero-order valence-corrected chi connectivity index (χ0v) is 38.4. The molecule has 7 N–H and O–H groups in total. The van der Waals surface area contributed by atoms with Crippen LogP contribution in [0.1, 0.15) is 74.1 Å². The Morgan fingerprint density at radius 1 is 0.774 bits per heavy atom. The summed E-state index contributed by atoms with van der Waals surface area (Å²) < 4.78 is 24.1. The molecule has 2 bridgehead atoms. The van der Waals surface area contributed by atoms with Crippen molar-refractivity contribution in [2.24, 2.45) is 0 Å². The van der Waals surface area contributed by atoms with Gasteiger partial charge in [0, 0.05) is 73.0 Å². The number of carbonyl (C=O) groups excluding carboxylic acids is 7. The van der Waals surface area contributed by atoms with Crippen molar-refractivity contribution in [3.8, 4) is 0 Å². The molecular formula is C35H61Cl2N5O19S. The van der Waals surface area contributed by atoms with Crippen LogP contribution in [-0.4, -0.2) is 179 Å². The van der Waals surface area contributed by atoms with Crippen molar-refractivity contribution in [2.45, 2.75) is 128 Å². The number of ether oxygens (including phenoxy) is 5. The molecule has 0 aliphatic carbocycles. The highest BCUT2D eigenvalue weighted by atomic mass is 35.5. The number of carboxylic acid groups (broad SMARTS) is 2. The van der Waals surface area contributed by atoms with Gasteiger partial charge in [0.05, 0.1) is 33.0 Å². The smallest absolute Gasteiger partial charge is 0.411 e. The molecule has 24 nitrogen and oxygen atoms in total. The third kappa shape index (κ3) is 25.0. The second-order valence-electron chi connectivity index (χ2n) is 14.4. The molecule has 360 valence electrons. The molecular weight excluding hydrogens is 897 g/mol. The highest BCUT2D eigenvalue weighted by Gasteiger charge is 2.42. The molecule has 0 aromatic rings. The molecule has 5 aliphatic rings. The number of methoxy groups -OCH3 is 2. The normalized spacial score (nSPS) is 24.7. The molecule has 5 aliphatic heterocycles. The lowest BCUT2D eigenvalue weighted by atomic mass is 10.2. The number of rotatable bonds is 5. The first-order valence-corrected chi connectivity index (χ1v) is 18.8. The second kappa shape index (κ2) is 30.7. The van der Waals surface area contributed by atoms with Crippen molar-refractivity contribution in [2.75, 3.05) is 40.4 Å². The fourth-order valence-electron chi connectivity index (χ4n) is 5.72. The largest absolute Gasteiger partial charge is 0.481 e. The van der Waals surface area contributed by atoms with Gasteiger partial charge in [-0.05, 0) is 20.8 Å². The van der Waals surface area contributed by atoms with E-state index in [0.717, 1.165) is 19.9 Å². The Kier molecular flexibility index (Phi) is 30.8. The Hall–Kier alpha value is -4.24. The van der Waals surface area contributed by atoms with Crippen LogP contribution < -0.4 is 15.5 Å². The molecule has 5 fully saturated rings. The lowest BCUT2D eigenvalue weighted by Crippen LogP contribution is -2.43. The highest BCUT2D eigenvalue weighted by Crippen LogP contribution is 2.23. The number of β-amino-alcohol motifs (C(OH)–C–C–N with tert-alkyl or cyclic N) is 2. The van der Waals surface area contributed by atoms with E-state index in [-0.39, 0.29) is 98.9 Å². The van der Waals surface area contributed by atoms with E-state index in [0.29, 0.717) is 13.0 Å². The van der Waals surface area contributed by atoms with Gasteiger partial charge in [0.15, 0.2) is 0 Å². The van der Waals surface area contributed by atoms with E-state index in [1.54, 1.807) is 20.8 Å². The fraction of sp³-hybridized carbons (Fsp3) is 0.743. The molecule has 27 heteroatoms. The summed E-state index contributed by atoms with van der Waals surface area (Å²) in [6.45, 7) is 11.8. The van der Waals surface area contributed by atoms with Gasteiger partial charge in [-0.3, -0.25) is 33.7 Å². The lowest BCUT2D eigenvalue weighted by molar-refractivity contribution is -0.147. The molecule has 0 spiro atoms. The Balaban J connectivity index is -0.000000703. The number of morpholine rings is 1. The molecule has 2 unspecified atom stereocenters. The SMILES string of the molecule is CC(=O)N1C[C@@H](O)C[C@H]1C(=O)O.CC(=O)O.CC(=O)ONS.COC(=O)[C@@H]1C[C@H](O)CN1C(=O)OC(C)(C)C.COC(=O)[C@@H]1C[C@H](OC(C)=O)CN1.Cl.Cl.O=C1OC2CNC1C2. The van der Waals surface area contributed by atoms with E-state index in [2.05, 4.69) is 37.8 Å². The zero-order valence-electron chi connectivity index (χ0n) is 35.8. The Bertz CT molecular complexity index is 1470. The first kappa shape index (κ1) is 62.1. The van der Waals surface area contributed by atoms with Gasteiger partial charge in [0.25, 0.3) is 5.97 Å². The average Bonchev–Trinajstić information content (AvgIpc) is 3.97. The van der Waals surface area contributed by atoms with Crippen molar-refractivity contribution >= 4 is 91.4 Å². The number of esters is 4. The van der Waals surface area contributed by atoms with E-state index in [4.69, 9.17) is 34.3 Å². The second-order valence-corrected chi connectivity index (χ2v) is 14.6. The van der Waals surface area contributed by atoms with Crippen LogP contribution in [-0.2, 0) is 66.9 Å². The number of carboxylic acids is 2. The number of halogens is 2. The minimum atomic E-state index is -1.05. The maximum Gasteiger partial charge on any atom is 0.411 e. The number of hydrogen-bond acceptors (Lipinski definition) is 21. The monoisotopic (exact) mass is 957 g/mol. The van der Waals surface area contributed by atoms with Gasteiger partial charge in [0.1, 0.15) is 42.0 Å². The third-order valence-corrected chi connectivity index (χ3v) is 8.20. The molecule has 0 saturated carbocycles. The van der Waals surface area contributed by atoms with E-state index >= 15 is 0 Å². The van der Waals surface area contributed by atoms with E-state index in [9.17, 15) is 43.5 Å². The standard InChI is InChI=1S/C11H19NO5.C8H13NO4.C7H11NO4.C5H7NO2.C2H5NO2S.C2H4O2.2ClH/c1-11(2,3)17-10(15)12-6-7(13)5-8(12)9(14)16-4;1-5(10)13-6-3-7(9-4-6)8(11)12-2;1-4(9)8-3-5(10)2-6(8)7(11)12;7-5-4-1-3(8-5)2-6-4;1-2(4)5-3-6;1-2(3)4;;/h7-8,13H,5-6H2,1-4H3;6-7,9H,3-4H2,1-2H3;5-6,10H,2-3H2,1H3,(H,11,12);3-4,6H,1-2H2;3,6H,1H3;1H3,(H,3,4);2*1H/t7-,8-;6-,7-;5-,6-;;;;;/m000...../s1. The van der Waals surface area contributed by atoms with Crippen LogP contribution >= 0.6 is 37.6 Å². The number of hydrogen-bond donors (Lipinski definition) is 8. The number of nitrogens with zero attached hydrogens (tertiary/aromatic N) is 2. The summed E-state index contributed by atoms with van der Waals surface area (Å²) in [7, 11) is 2.59. The summed E-state index contributed by atoms with van der Waals surface area (Å²) in [5, 5.41) is 40.6. The van der Waals surface area contributed by atoms with Crippen molar-refractivity contribution in [3.63, 3.8) is 0 Å². The molecule has 62 heavy (non-hydrogen) atoms. The lowest BCUT2D eigenvalue weighted by Gasteiger charge is -2.27. The number of fused-ring (bicyclic) bond motifs is 2. The van der Waals surface area contributed by atoms with Crippen LogP contribution in [0.2, 0.25) is 0 Å². The van der Waals surface area contributed by atoms with Crippen LogP contribution in [0.5, 0.6) is 0 Å². The number of nitrogens with one attached hydrogen (secondary N) is 3. The highest BCUT2D eigenvalue weighted by molar-refractivity contribution is 7.77. The molecule has 5 rings (SSSR count). The van der Waals surface area contributed by atoms with Crippen LogP contribution in [0, 0.1) is 0 Å². The van der Waals surface area contributed by atoms with E-state index in [1.807, 2.05) is 4.89 Å². The van der Waals surface area contributed by atoms with Gasteiger partial charge >= 0.3 is 41.9 Å². The van der Waals surface area contributed by atoms with Crippen LogP contribution in [0.15, 0.2) is 0 Å². The molecule has 5 saturated heterocycles. The molecule has 5 heterocycles. The first-order valence-electron chi connectivity index (χ1n) is 18.4. The molecule has 0 radical (unpaired) electrons. The van der Waals surface area contributed by atoms with E-state index in [1.165, 1.54) is 44.8 Å². The number of aliphatic hydroxyl groups is 2. The maximum atomic E-state index is 11.8. The van der Waals surface area contributed by atoms with E-state index < -0.39 is 59.9 Å². The number of aliphatic hydroxyl groups excluding tert-OH is 2. The predicted octanol–water partition coefficient (Wildman–Crippen LogP) is -0.857. The Morgan fingerprint density at radius 3 is 1.61 bits per heavy atom. The summed E-state index contributed by atoms with van der Waals surface area (Å²) >= 11 is 3.37. The van der Waals surface area contributed by atoms with Crippen molar-refractivity contribution in [3.05, 3.63) is 0 Å². The molecule has 0 aromatic carbocycles. The summed E-state index contributed by atoms with van der Waals surface area (Å²) in [6.07, 6.45) is -0.341. The predicted molar refractivity (Wildman–Crippen MR) is 221 cm³/mol. The maximum absolute atomic E-state index is 11.8. The Labute approximate surface area is 376 Å². The van der Waals surface area contributed by atoms with Crippen molar-refractivity contribution in [1.29, 1.82) is 0 Å². The third-order valence-electron chi connectivity index (χ3n) is 8.10. The number of carbonyl (C=O) groups is 9. The number of amides is 2. The average molecular weight is 959 g/mol. The van der Waals surface area contributed by atoms with Crippen LogP contribution in [0.3, 0.4) is 0 Å². The number of likely N-dealkylation sites (tertiary alicyclic amines) is 2. The van der Waals surface area contributed by atoms with Crippen molar-refractivity contribution < 1.29 is 92.1 Å². The number of aliphatic carboxylic acids is 2. The zero-order chi connectivity index (χ0) is 46.5. The fourth-order valence-corrected chi connectivity index (χ4v) is 5.85.